The molecule has 0 saturated carbocycles. The maximum Gasteiger partial charge on any atom is 0.323 e. The molecule has 0 atom stereocenters. The van der Waals surface area contributed by atoms with Gasteiger partial charge in [-0.1, -0.05) is 29.8 Å². The standard InChI is InChI=1S/C15H14ClFN2O/c1-9-7-10(2)14(11(16)8-9)19-15(20)18-13-6-4-3-5-12(13)17/h3-8H,1-2H3,(H2,18,19,20). The zero-order valence-electron chi connectivity index (χ0n) is 11.1. The van der Waals surface area contributed by atoms with Crippen LogP contribution >= 0.6 is 11.6 Å². The van der Waals surface area contributed by atoms with Crippen LogP contribution in [0.25, 0.3) is 0 Å². The van der Waals surface area contributed by atoms with Crippen molar-refractivity contribution < 1.29 is 9.18 Å². The van der Waals surface area contributed by atoms with Crippen molar-refractivity contribution in [2.24, 2.45) is 0 Å². The molecular weight excluding hydrogens is 279 g/mol. The third-order valence-electron chi connectivity index (χ3n) is 2.79. The summed E-state index contributed by atoms with van der Waals surface area (Å²) in [6.45, 7) is 3.76. The van der Waals surface area contributed by atoms with Crippen LogP contribution in [0.3, 0.4) is 0 Å². The van der Waals surface area contributed by atoms with Gasteiger partial charge in [-0.3, -0.25) is 0 Å². The number of para-hydroxylation sites is 1. The summed E-state index contributed by atoms with van der Waals surface area (Å²) in [5.74, 6) is -0.491. The number of carbonyl (C=O) groups excluding carboxylic acids is 1. The molecule has 0 radical (unpaired) electrons. The Balaban J connectivity index is 2.15. The van der Waals surface area contributed by atoms with Gasteiger partial charge in [0, 0.05) is 0 Å². The highest BCUT2D eigenvalue weighted by molar-refractivity contribution is 6.34. The van der Waals surface area contributed by atoms with Crippen molar-refractivity contribution in [3.05, 3.63) is 58.4 Å². The van der Waals surface area contributed by atoms with E-state index in [-0.39, 0.29) is 5.69 Å². The average molecular weight is 293 g/mol. The van der Waals surface area contributed by atoms with E-state index in [1.165, 1.54) is 12.1 Å². The van der Waals surface area contributed by atoms with Crippen LogP contribution in [0, 0.1) is 19.7 Å². The lowest BCUT2D eigenvalue weighted by atomic mass is 10.1. The predicted octanol–water partition coefficient (Wildman–Crippen LogP) is 4.74. The molecule has 0 heterocycles. The van der Waals surface area contributed by atoms with Crippen LogP contribution in [0.1, 0.15) is 11.1 Å². The number of aryl methyl sites for hydroxylation is 2. The van der Waals surface area contributed by atoms with Crippen LogP contribution in [-0.4, -0.2) is 6.03 Å². The van der Waals surface area contributed by atoms with Crippen molar-refractivity contribution in [2.45, 2.75) is 13.8 Å². The first-order valence-electron chi connectivity index (χ1n) is 6.06. The first-order chi connectivity index (χ1) is 9.47. The van der Waals surface area contributed by atoms with Crippen LogP contribution in [0.5, 0.6) is 0 Å². The SMILES string of the molecule is Cc1cc(C)c(NC(=O)Nc2ccccc2F)c(Cl)c1. The van der Waals surface area contributed by atoms with Crippen LogP contribution < -0.4 is 10.6 Å². The van der Waals surface area contributed by atoms with E-state index < -0.39 is 11.8 Å². The van der Waals surface area contributed by atoms with Gasteiger partial charge in [-0.2, -0.15) is 0 Å². The number of urea groups is 1. The minimum atomic E-state index is -0.538. The number of hydrogen-bond acceptors (Lipinski definition) is 1. The highest BCUT2D eigenvalue weighted by Gasteiger charge is 2.11. The van der Waals surface area contributed by atoms with Gasteiger partial charge in [0.05, 0.1) is 16.4 Å². The molecule has 0 spiro atoms. The second-order valence-electron chi connectivity index (χ2n) is 4.50. The Kier molecular flexibility index (Phi) is 4.25. The van der Waals surface area contributed by atoms with Crippen molar-refractivity contribution in [1.82, 2.24) is 0 Å². The van der Waals surface area contributed by atoms with Crippen molar-refractivity contribution in [3.63, 3.8) is 0 Å². The highest BCUT2D eigenvalue weighted by atomic mass is 35.5. The minimum Gasteiger partial charge on any atom is -0.306 e. The summed E-state index contributed by atoms with van der Waals surface area (Å²) in [7, 11) is 0. The highest BCUT2D eigenvalue weighted by Crippen LogP contribution is 2.27. The Hall–Kier alpha value is -2.07. The van der Waals surface area contributed by atoms with Crippen LogP contribution in [0.2, 0.25) is 5.02 Å². The van der Waals surface area contributed by atoms with Gasteiger partial charge in [0.1, 0.15) is 5.82 Å². The zero-order valence-corrected chi connectivity index (χ0v) is 11.9. The van der Waals surface area contributed by atoms with Crippen LogP contribution in [0.15, 0.2) is 36.4 Å². The van der Waals surface area contributed by atoms with E-state index in [2.05, 4.69) is 10.6 Å². The van der Waals surface area contributed by atoms with Crippen molar-refractivity contribution in [3.8, 4) is 0 Å². The normalized spacial score (nSPS) is 10.2. The molecule has 0 saturated heterocycles. The summed E-state index contributed by atoms with van der Waals surface area (Å²) in [6.07, 6.45) is 0. The Bertz CT molecular complexity index is 635. The molecule has 0 aliphatic rings. The fourth-order valence-electron chi connectivity index (χ4n) is 1.90. The molecule has 0 bridgehead atoms. The predicted molar refractivity (Wildman–Crippen MR) is 80.0 cm³/mol. The fraction of sp³-hybridized carbons (Fsp3) is 0.133. The third-order valence-corrected chi connectivity index (χ3v) is 3.09. The second-order valence-corrected chi connectivity index (χ2v) is 4.90. The summed E-state index contributed by atoms with van der Waals surface area (Å²) in [5, 5.41) is 5.53. The molecule has 3 nitrogen and oxygen atoms in total. The quantitative estimate of drug-likeness (QED) is 0.824. The van der Waals surface area contributed by atoms with Gasteiger partial charge in [-0.25, -0.2) is 9.18 Å². The number of rotatable bonds is 2. The molecule has 104 valence electrons. The van der Waals surface area contributed by atoms with Gasteiger partial charge < -0.3 is 10.6 Å². The molecule has 5 heteroatoms. The Labute approximate surface area is 121 Å². The van der Waals surface area contributed by atoms with Gasteiger partial charge >= 0.3 is 6.03 Å². The molecule has 2 N–H and O–H groups in total. The first-order valence-corrected chi connectivity index (χ1v) is 6.44. The zero-order chi connectivity index (χ0) is 14.7. The number of halogens is 2. The molecule has 20 heavy (non-hydrogen) atoms. The molecule has 0 fully saturated rings. The van der Waals surface area contributed by atoms with E-state index >= 15 is 0 Å². The minimum absolute atomic E-state index is 0.117. The van der Waals surface area contributed by atoms with Crippen molar-refractivity contribution in [1.29, 1.82) is 0 Å². The monoisotopic (exact) mass is 292 g/mol. The number of hydrogen-bond donors (Lipinski definition) is 2. The summed E-state index contributed by atoms with van der Waals surface area (Å²) in [6, 6.07) is 9.09. The molecule has 0 aromatic heterocycles. The summed E-state index contributed by atoms with van der Waals surface area (Å²) in [4.78, 5) is 11.9. The maximum atomic E-state index is 13.4. The fourth-order valence-corrected chi connectivity index (χ4v) is 2.27. The Morgan fingerprint density at radius 1 is 1.15 bits per heavy atom. The number of anilines is 2. The lowest BCUT2D eigenvalue weighted by Gasteiger charge is -2.12. The van der Waals surface area contributed by atoms with Crippen LogP contribution in [0.4, 0.5) is 20.6 Å². The molecule has 2 amide bonds. The molecule has 0 aliphatic carbocycles. The number of amides is 2. The van der Waals surface area contributed by atoms with Crippen molar-refractivity contribution >= 4 is 29.0 Å². The second kappa shape index (κ2) is 5.92. The number of carbonyl (C=O) groups is 1. The smallest absolute Gasteiger partial charge is 0.306 e. The van der Waals surface area contributed by atoms with E-state index in [4.69, 9.17) is 11.6 Å². The lowest BCUT2D eigenvalue weighted by Crippen LogP contribution is -2.20. The Morgan fingerprint density at radius 3 is 2.50 bits per heavy atom. The van der Waals surface area contributed by atoms with E-state index in [0.29, 0.717) is 10.7 Å². The van der Waals surface area contributed by atoms with Crippen LogP contribution in [-0.2, 0) is 0 Å². The van der Waals surface area contributed by atoms with Gasteiger partial charge in [0.2, 0.25) is 0 Å². The first kappa shape index (κ1) is 14.3. The van der Waals surface area contributed by atoms with E-state index in [1.807, 2.05) is 19.9 Å². The number of nitrogens with one attached hydrogen (secondary N) is 2. The van der Waals surface area contributed by atoms with Gasteiger partial charge in [-0.05, 0) is 43.2 Å². The molecule has 2 rings (SSSR count). The molecule has 0 aliphatic heterocycles. The molecule has 2 aromatic rings. The largest absolute Gasteiger partial charge is 0.323 e. The molecular formula is C15H14ClFN2O. The van der Waals surface area contributed by atoms with Gasteiger partial charge in [0.25, 0.3) is 0 Å². The van der Waals surface area contributed by atoms with E-state index in [9.17, 15) is 9.18 Å². The third kappa shape index (κ3) is 3.27. The van der Waals surface area contributed by atoms with Crippen molar-refractivity contribution in [2.75, 3.05) is 10.6 Å². The Morgan fingerprint density at radius 2 is 1.85 bits per heavy atom. The molecule has 0 unspecified atom stereocenters. The number of benzene rings is 2. The van der Waals surface area contributed by atoms with E-state index in [1.54, 1.807) is 18.2 Å². The maximum absolute atomic E-state index is 13.4. The average Bonchev–Trinajstić information content (AvgIpc) is 2.36. The topological polar surface area (TPSA) is 41.1 Å². The van der Waals surface area contributed by atoms with Gasteiger partial charge in [0.15, 0.2) is 0 Å². The van der Waals surface area contributed by atoms with E-state index in [0.717, 1.165) is 11.1 Å². The lowest BCUT2D eigenvalue weighted by molar-refractivity contribution is 0.262. The summed E-state index contributed by atoms with van der Waals surface area (Å²) >= 11 is 6.10. The summed E-state index contributed by atoms with van der Waals surface area (Å²) in [5.41, 5.74) is 2.49. The van der Waals surface area contributed by atoms with Gasteiger partial charge in [-0.15, -0.1) is 0 Å². The molecule has 2 aromatic carbocycles. The summed E-state index contributed by atoms with van der Waals surface area (Å²) < 4.78 is 13.4.